The highest BCUT2D eigenvalue weighted by atomic mass is 32.1. The van der Waals surface area contributed by atoms with Crippen LogP contribution >= 0.6 is 11.3 Å². The maximum absolute atomic E-state index is 14.0. The minimum atomic E-state index is -0.591. The van der Waals surface area contributed by atoms with Crippen LogP contribution in [-0.4, -0.2) is 51.1 Å². The summed E-state index contributed by atoms with van der Waals surface area (Å²) in [7, 11) is 0. The lowest BCUT2D eigenvalue weighted by atomic mass is 9.95. The van der Waals surface area contributed by atoms with Crippen molar-refractivity contribution in [3.05, 3.63) is 75.9 Å². The number of nitrogens with zero attached hydrogens (tertiary/aromatic N) is 3. The summed E-state index contributed by atoms with van der Waals surface area (Å²) in [6, 6.07) is 12.9. The SMILES string of the molecule is CC[C@H](C)[C@@H](C(=O)N1CCC[C@H]1C(=O)NCc1ccc(-c2scnc2C)cc1)N1Cc2ccc(C)cc2C1=O. The molecule has 3 aromatic rings. The number of aromatic nitrogens is 1. The topological polar surface area (TPSA) is 82.6 Å². The fraction of sp³-hybridized carbons (Fsp3) is 0.419. The Hall–Kier alpha value is -3.52. The number of fused-ring (bicyclic) bond motifs is 1. The molecule has 0 saturated carbocycles. The molecular weight excluding hydrogens is 508 g/mol. The van der Waals surface area contributed by atoms with Gasteiger partial charge >= 0.3 is 0 Å². The van der Waals surface area contributed by atoms with E-state index in [1.165, 1.54) is 0 Å². The molecule has 0 bridgehead atoms. The zero-order valence-corrected chi connectivity index (χ0v) is 23.9. The number of nitrogens with one attached hydrogen (secondary N) is 1. The number of rotatable bonds is 8. The summed E-state index contributed by atoms with van der Waals surface area (Å²) in [5.41, 5.74) is 7.64. The van der Waals surface area contributed by atoms with E-state index in [-0.39, 0.29) is 23.6 Å². The Labute approximate surface area is 234 Å². The van der Waals surface area contributed by atoms with Gasteiger partial charge in [-0.15, -0.1) is 11.3 Å². The number of benzene rings is 2. The van der Waals surface area contributed by atoms with Crippen molar-refractivity contribution in [3.63, 3.8) is 0 Å². The number of carbonyl (C=O) groups is 3. The second kappa shape index (κ2) is 11.3. The molecule has 3 amide bonds. The van der Waals surface area contributed by atoms with Gasteiger partial charge in [0.1, 0.15) is 12.1 Å². The molecule has 0 radical (unpaired) electrons. The number of hydrogen-bond donors (Lipinski definition) is 1. The normalized spacial score (nSPS) is 18.3. The minimum Gasteiger partial charge on any atom is -0.350 e. The van der Waals surface area contributed by atoms with Crippen molar-refractivity contribution in [1.29, 1.82) is 0 Å². The van der Waals surface area contributed by atoms with Crippen LogP contribution in [0, 0.1) is 19.8 Å². The maximum Gasteiger partial charge on any atom is 0.255 e. The number of thiazole rings is 1. The fourth-order valence-electron chi connectivity index (χ4n) is 5.70. The predicted molar refractivity (Wildman–Crippen MR) is 153 cm³/mol. The number of hydrogen-bond acceptors (Lipinski definition) is 5. The molecule has 7 nitrogen and oxygen atoms in total. The summed E-state index contributed by atoms with van der Waals surface area (Å²) < 4.78 is 0. The summed E-state index contributed by atoms with van der Waals surface area (Å²) in [5, 5.41) is 3.05. The molecule has 2 aliphatic rings. The van der Waals surface area contributed by atoms with Crippen LogP contribution < -0.4 is 5.32 Å². The van der Waals surface area contributed by atoms with Gasteiger partial charge in [-0.05, 0) is 55.4 Å². The average Bonchev–Trinajstić information content (AvgIpc) is 3.67. The molecule has 1 aromatic heterocycles. The highest BCUT2D eigenvalue weighted by molar-refractivity contribution is 7.13. The molecule has 1 saturated heterocycles. The Morgan fingerprint density at radius 2 is 1.92 bits per heavy atom. The van der Waals surface area contributed by atoms with Gasteiger partial charge in [0.2, 0.25) is 11.8 Å². The monoisotopic (exact) mass is 544 g/mol. The third kappa shape index (κ3) is 5.35. The first kappa shape index (κ1) is 27.1. The third-order valence-electron chi connectivity index (χ3n) is 8.14. The molecule has 5 rings (SSSR count). The molecular formula is C31H36N4O3S. The van der Waals surface area contributed by atoms with Gasteiger partial charge in [-0.1, -0.05) is 62.2 Å². The van der Waals surface area contributed by atoms with E-state index < -0.39 is 12.1 Å². The molecule has 0 unspecified atom stereocenters. The number of aryl methyl sites for hydroxylation is 2. The molecule has 2 aliphatic heterocycles. The van der Waals surface area contributed by atoms with Crippen molar-refractivity contribution in [2.75, 3.05) is 6.54 Å². The Bertz CT molecular complexity index is 1380. The van der Waals surface area contributed by atoms with Gasteiger partial charge in [0.15, 0.2) is 0 Å². The van der Waals surface area contributed by atoms with Crippen LogP contribution in [0.1, 0.15) is 65.9 Å². The molecule has 0 spiro atoms. The van der Waals surface area contributed by atoms with Crippen LogP contribution in [0.15, 0.2) is 48.0 Å². The van der Waals surface area contributed by atoms with Gasteiger partial charge in [0.05, 0.1) is 16.1 Å². The summed E-state index contributed by atoms with van der Waals surface area (Å²) in [6.45, 7) is 9.38. The molecule has 1 N–H and O–H groups in total. The first-order valence-corrected chi connectivity index (χ1v) is 14.6. The molecule has 3 heterocycles. The van der Waals surface area contributed by atoms with Crippen LogP contribution in [0.4, 0.5) is 0 Å². The predicted octanol–water partition coefficient (Wildman–Crippen LogP) is 5.10. The van der Waals surface area contributed by atoms with Gasteiger partial charge in [-0.2, -0.15) is 0 Å². The van der Waals surface area contributed by atoms with Crippen LogP contribution in [0.3, 0.4) is 0 Å². The van der Waals surface area contributed by atoms with Crippen molar-refractivity contribution in [2.45, 2.75) is 72.1 Å². The Morgan fingerprint density at radius 3 is 2.62 bits per heavy atom. The van der Waals surface area contributed by atoms with Gasteiger partial charge in [-0.25, -0.2) is 4.98 Å². The lowest BCUT2D eigenvalue weighted by Gasteiger charge is -2.36. The zero-order valence-electron chi connectivity index (χ0n) is 23.1. The van der Waals surface area contributed by atoms with Crippen molar-refractivity contribution >= 4 is 29.1 Å². The lowest BCUT2D eigenvalue weighted by Crippen LogP contribution is -2.55. The largest absolute Gasteiger partial charge is 0.350 e. The third-order valence-corrected chi connectivity index (χ3v) is 9.11. The highest BCUT2D eigenvalue weighted by Gasteiger charge is 2.44. The summed E-state index contributed by atoms with van der Waals surface area (Å²) in [5.74, 6) is -0.381. The van der Waals surface area contributed by atoms with Gasteiger partial charge in [0, 0.05) is 25.2 Å². The minimum absolute atomic E-state index is 0.0260. The first-order chi connectivity index (χ1) is 18.8. The number of likely N-dealkylation sites (tertiary alicyclic amines) is 1. The molecule has 204 valence electrons. The van der Waals surface area contributed by atoms with Gasteiger partial charge in [0.25, 0.3) is 5.91 Å². The Kier molecular flexibility index (Phi) is 7.84. The average molecular weight is 545 g/mol. The summed E-state index contributed by atoms with van der Waals surface area (Å²) >= 11 is 1.62. The van der Waals surface area contributed by atoms with E-state index in [0.29, 0.717) is 31.6 Å². The summed E-state index contributed by atoms with van der Waals surface area (Å²) in [4.78, 5) is 49.6. The smallest absolute Gasteiger partial charge is 0.255 e. The Balaban J connectivity index is 1.27. The molecule has 2 aromatic carbocycles. The second-order valence-electron chi connectivity index (χ2n) is 10.8. The maximum atomic E-state index is 14.0. The van der Waals surface area contributed by atoms with Gasteiger partial charge < -0.3 is 15.1 Å². The zero-order chi connectivity index (χ0) is 27.7. The molecule has 39 heavy (non-hydrogen) atoms. The van der Waals surface area contributed by atoms with E-state index >= 15 is 0 Å². The van der Waals surface area contributed by atoms with E-state index in [9.17, 15) is 14.4 Å². The molecule has 3 atom stereocenters. The van der Waals surface area contributed by atoms with Crippen molar-refractivity contribution < 1.29 is 14.4 Å². The van der Waals surface area contributed by atoms with Crippen LogP contribution in [0.5, 0.6) is 0 Å². The first-order valence-electron chi connectivity index (χ1n) is 13.8. The molecule has 1 fully saturated rings. The summed E-state index contributed by atoms with van der Waals surface area (Å²) in [6.07, 6.45) is 2.16. The molecule has 8 heteroatoms. The van der Waals surface area contributed by atoms with Crippen LogP contribution in [0.2, 0.25) is 0 Å². The van der Waals surface area contributed by atoms with Gasteiger partial charge in [-0.3, -0.25) is 14.4 Å². The van der Waals surface area contributed by atoms with E-state index in [2.05, 4.69) is 22.4 Å². The number of carbonyl (C=O) groups excluding carboxylic acids is 3. The van der Waals surface area contributed by atoms with E-state index in [1.807, 2.05) is 63.5 Å². The lowest BCUT2D eigenvalue weighted by molar-refractivity contribution is -0.143. The number of amides is 3. The standard InChI is InChI=1S/C31H36N4O3S/c1-5-20(3)27(35-17-24-11-8-19(2)15-25(24)30(35)37)31(38)34-14-6-7-26(34)29(36)32-16-22-9-12-23(13-10-22)28-21(4)33-18-39-28/h8-13,15,18,20,26-27H,5-7,14,16-17H2,1-4H3,(H,32,36)/t20-,26-,27-/m0/s1. The van der Waals surface area contributed by atoms with Crippen LogP contribution in [-0.2, 0) is 22.7 Å². The van der Waals surface area contributed by atoms with Crippen molar-refractivity contribution in [3.8, 4) is 10.4 Å². The molecule has 0 aliphatic carbocycles. The van der Waals surface area contributed by atoms with E-state index in [1.54, 1.807) is 21.1 Å². The van der Waals surface area contributed by atoms with E-state index in [4.69, 9.17) is 0 Å². The Morgan fingerprint density at radius 1 is 1.15 bits per heavy atom. The van der Waals surface area contributed by atoms with Crippen molar-refractivity contribution in [1.82, 2.24) is 20.1 Å². The van der Waals surface area contributed by atoms with Crippen LogP contribution in [0.25, 0.3) is 10.4 Å². The second-order valence-corrected chi connectivity index (χ2v) is 11.7. The highest BCUT2D eigenvalue weighted by Crippen LogP contribution is 2.32. The van der Waals surface area contributed by atoms with E-state index in [0.717, 1.165) is 45.7 Å². The quantitative estimate of drug-likeness (QED) is 0.428. The van der Waals surface area contributed by atoms with Crippen molar-refractivity contribution in [2.24, 2.45) is 5.92 Å². The fourth-order valence-corrected chi connectivity index (χ4v) is 6.51.